The summed E-state index contributed by atoms with van der Waals surface area (Å²) in [7, 11) is 1.65. The first-order valence-corrected chi connectivity index (χ1v) is 7.22. The topological polar surface area (TPSA) is 74.2 Å². The number of aryl methyl sites for hydroxylation is 1. The van der Waals surface area contributed by atoms with Gasteiger partial charge < -0.3 is 15.0 Å². The minimum Gasteiger partial charge on any atom is -0.496 e. The van der Waals surface area contributed by atoms with Gasteiger partial charge in [0.2, 0.25) is 0 Å². The SMILES string of the molecule is COc1ccc2c(N)cc(-c3cc(C(C)C)on3)nc2c1C. The van der Waals surface area contributed by atoms with Gasteiger partial charge in [-0.3, -0.25) is 0 Å². The van der Waals surface area contributed by atoms with Crippen LogP contribution in [0.4, 0.5) is 5.69 Å². The van der Waals surface area contributed by atoms with E-state index in [2.05, 4.69) is 19.0 Å². The Bertz CT molecular complexity index is 837. The van der Waals surface area contributed by atoms with Gasteiger partial charge in [-0.25, -0.2) is 4.98 Å². The van der Waals surface area contributed by atoms with Crippen LogP contribution in [0.1, 0.15) is 31.1 Å². The predicted molar refractivity (Wildman–Crippen MR) is 87.0 cm³/mol. The van der Waals surface area contributed by atoms with Crippen molar-refractivity contribution >= 4 is 16.6 Å². The Morgan fingerprint density at radius 1 is 1.18 bits per heavy atom. The van der Waals surface area contributed by atoms with Crippen LogP contribution in [0.2, 0.25) is 0 Å². The summed E-state index contributed by atoms with van der Waals surface area (Å²) in [4.78, 5) is 4.70. The number of hydrogen-bond donors (Lipinski definition) is 1. The van der Waals surface area contributed by atoms with Crippen LogP contribution in [0.5, 0.6) is 5.75 Å². The number of pyridine rings is 1. The van der Waals surface area contributed by atoms with E-state index >= 15 is 0 Å². The Morgan fingerprint density at radius 2 is 1.95 bits per heavy atom. The van der Waals surface area contributed by atoms with Crippen LogP contribution in [0.25, 0.3) is 22.3 Å². The zero-order valence-corrected chi connectivity index (χ0v) is 13.2. The van der Waals surface area contributed by atoms with Gasteiger partial charge in [0, 0.05) is 28.6 Å². The molecule has 0 spiro atoms. The van der Waals surface area contributed by atoms with Gasteiger partial charge >= 0.3 is 0 Å². The van der Waals surface area contributed by atoms with E-state index in [4.69, 9.17) is 20.0 Å². The Hall–Kier alpha value is -2.56. The molecule has 3 aromatic rings. The molecule has 5 nitrogen and oxygen atoms in total. The van der Waals surface area contributed by atoms with Gasteiger partial charge in [0.25, 0.3) is 0 Å². The summed E-state index contributed by atoms with van der Waals surface area (Å²) >= 11 is 0. The number of fused-ring (bicyclic) bond motifs is 1. The van der Waals surface area contributed by atoms with Gasteiger partial charge in [0.15, 0.2) is 0 Å². The average Bonchev–Trinajstić information content (AvgIpc) is 2.98. The molecule has 0 saturated heterocycles. The van der Waals surface area contributed by atoms with E-state index in [1.54, 1.807) is 7.11 Å². The van der Waals surface area contributed by atoms with Crippen molar-refractivity contribution in [1.82, 2.24) is 10.1 Å². The van der Waals surface area contributed by atoms with Gasteiger partial charge in [0.05, 0.1) is 18.3 Å². The highest BCUT2D eigenvalue weighted by molar-refractivity contribution is 5.95. The van der Waals surface area contributed by atoms with Crippen LogP contribution in [0.15, 0.2) is 28.8 Å². The maximum absolute atomic E-state index is 6.18. The molecule has 3 rings (SSSR count). The van der Waals surface area contributed by atoms with Gasteiger partial charge in [-0.15, -0.1) is 0 Å². The Morgan fingerprint density at radius 3 is 2.59 bits per heavy atom. The summed E-state index contributed by atoms with van der Waals surface area (Å²) in [5.41, 5.74) is 10.0. The second-order valence-corrected chi connectivity index (χ2v) is 5.65. The zero-order valence-electron chi connectivity index (χ0n) is 13.2. The molecule has 0 atom stereocenters. The standard InChI is InChI=1S/C17H19N3O2/c1-9(2)16-8-14(20-22-16)13-7-12(18)11-5-6-15(21-4)10(3)17(11)19-13/h5-9H,1-4H3,(H2,18,19). The summed E-state index contributed by atoms with van der Waals surface area (Å²) in [6, 6.07) is 7.57. The van der Waals surface area contributed by atoms with E-state index < -0.39 is 0 Å². The molecule has 0 unspecified atom stereocenters. The monoisotopic (exact) mass is 297 g/mol. The third-order valence-electron chi connectivity index (χ3n) is 3.80. The Balaban J connectivity index is 2.20. The molecule has 5 heteroatoms. The number of anilines is 1. The number of nitrogens with two attached hydrogens (primary N) is 1. The van der Waals surface area contributed by atoms with Crippen LogP contribution in [0.3, 0.4) is 0 Å². The summed E-state index contributed by atoms with van der Waals surface area (Å²) in [6.07, 6.45) is 0. The van der Waals surface area contributed by atoms with Crippen LogP contribution in [0, 0.1) is 6.92 Å². The van der Waals surface area contributed by atoms with Crippen molar-refractivity contribution in [2.45, 2.75) is 26.7 Å². The van der Waals surface area contributed by atoms with Crippen molar-refractivity contribution < 1.29 is 9.26 Å². The Labute approximate surface area is 129 Å². The van der Waals surface area contributed by atoms with E-state index in [-0.39, 0.29) is 5.92 Å². The molecule has 0 aliphatic carbocycles. The zero-order chi connectivity index (χ0) is 15.9. The van der Waals surface area contributed by atoms with Crippen molar-refractivity contribution in [2.24, 2.45) is 0 Å². The third kappa shape index (κ3) is 2.28. The molecule has 1 aromatic carbocycles. The molecule has 0 amide bonds. The van der Waals surface area contributed by atoms with E-state index in [1.807, 2.05) is 31.2 Å². The molecule has 2 aromatic heterocycles. The lowest BCUT2D eigenvalue weighted by atomic mass is 10.1. The smallest absolute Gasteiger partial charge is 0.139 e. The molecule has 0 radical (unpaired) electrons. The number of nitrogen functional groups attached to an aromatic ring is 1. The summed E-state index contributed by atoms with van der Waals surface area (Å²) < 4.78 is 10.7. The summed E-state index contributed by atoms with van der Waals surface area (Å²) in [5, 5.41) is 5.02. The number of nitrogens with zero attached hydrogens (tertiary/aromatic N) is 2. The minimum atomic E-state index is 0.279. The molecule has 2 N–H and O–H groups in total. The number of aromatic nitrogens is 2. The highest BCUT2D eigenvalue weighted by atomic mass is 16.5. The normalized spacial score (nSPS) is 11.3. The lowest BCUT2D eigenvalue weighted by Gasteiger charge is -2.10. The van der Waals surface area contributed by atoms with Gasteiger partial charge in [-0.1, -0.05) is 19.0 Å². The van der Waals surface area contributed by atoms with Crippen LogP contribution in [-0.2, 0) is 0 Å². The second kappa shape index (κ2) is 5.33. The molecule has 0 saturated carbocycles. The molecular weight excluding hydrogens is 278 g/mol. The molecule has 0 aliphatic rings. The van der Waals surface area contributed by atoms with Crippen LogP contribution < -0.4 is 10.5 Å². The first-order chi connectivity index (χ1) is 10.5. The van der Waals surface area contributed by atoms with Crippen molar-refractivity contribution in [1.29, 1.82) is 0 Å². The maximum atomic E-state index is 6.18. The number of rotatable bonds is 3. The van der Waals surface area contributed by atoms with Crippen molar-refractivity contribution in [3.05, 3.63) is 35.6 Å². The van der Waals surface area contributed by atoms with Crippen molar-refractivity contribution in [2.75, 3.05) is 12.8 Å². The highest BCUT2D eigenvalue weighted by Gasteiger charge is 2.14. The largest absolute Gasteiger partial charge is 0.496 e. The molecular formula is C17H19N3O2. The first kappa shape index (κ1) is 14.4. The second-order valence-electron chi connectivity index (χ2n) is 5.65. The van der Waals surface area contributed by atoms with Gasteiger partial charge in [-0.2, -0.15) is 0 Å². The number of ether oxygens (including phenoxy) is 1. The van der Waals surface area contributed by atoms with E-state index in [0.29, 0.717) is 17.1 Å². The van der Waals surface area contributed by atoms with Gasteiger partial charge in [-0.05, 0) is 25.1 Å². The number of benzene rings is 1. The van der Waals surface area contributed by atoms with E-state index in [1.165, 1.54) is 0 Å². The third-order valence-corrected chi connectivity index (χ3v) is 3.80. The molecule has 0 fully saturated rings. The molecule has 22 heavy (non-hydrogen) atoms. The number of methoxy groups -OCH3 is 1. The van der Waals surface area contributed by atoms with Crippen LogP contribution >= 0.6 is 0 Å². The summed E-state index contributed by atoms with van der Waals surface area (Å²) in [6.45, 7) is 6.09. The fourth-order valence-electron chi connectivity index (χ4n) is 2.47. The molecule has 114 valence electrons. The van der Waals surface area contributed by atoms with E-state index in [0.717, 1.165) is 28.0 Å². The summed E-state index contributed by atoms with van der Waals surface area (Å²) in [5.74, 6) is 1.90. The lowest BCUT2D eigenvalue weighted by molar-refractivity contribution is 0.373. The lowest BCUT2D eigenvalue weighted by Crippen LogP contribution is -1.96. The Kier molecular flexibility index (Phi) is 3.48. The fourth-order valence-corrected chi connectivity index (χ4v) is 2.47. The van der Waals surface area contributed by atoms with Gasteiger partial charge in [0.1, 0.15) is 17.2 Å². The molecule has 0 bridgehead atoms. The van der Waals surface area contributed by atoms with Crippen LogP contribution in [-0.4, -0.2) is 17.3 Å². The predicted octanol–water partition coefficient (Wildman–Crippen LogP) is 3.91. The average molecular weight is 297 g/mol. The molecule has 0 aliphatic heterocycles. The first-order valence-electron chi connectivity index (χ1n) is 7.22. The minimum absolute atomic E-state index is 0.279. The maximum Gasteiger partial charge on any atom is 0.139 e. The van der Waals surface area contributed by atoms with Crippen molar-refractivity contribution in [3.63, 3.8) is 0 Å². The quantitative estimate of drug-likeness (QED) is 0.793. The number of hydrogen-bond acceptors (Lipinski definition) is 5. The van der Waals surface area contributed by atoms with Crippen molar-refractivity contribution in [3.8, 4) is 17.1 Å². The van der Waals surface area contributed by atoms with E-state index in [9.17, 15) is 0 Å². The fraction of sp³-hybridized carbons (Fsp3) is 0.294. The molecule has 2 heterocycles. The highest BCUT2D eigenvalue weighted by Crippen LogP contribution is 2.32.